The Kier molecular flexibility index (Phi) is 4.75. The first-order valence-corrected chi connectivity index (χ1v) is 6.87. The molecule has 0 saturated carbocycles. The van der Waals surface area contributed by atoms with E-state index in [4.69, 9.17) is 5.73 Å². The third-order valence-corrected chi connectivity index (χ3v) is 3.10. The van der Waals surface area contributed by atoms with Crippen LogP contribution in [-0.4, -0.2) is 40.0 Å². The van der Waals surface area contributed by atoms with Gasteiger partial charge in [-0.2, -0.15) is 0 Å². The molecule has 2 aromatic rings. The molecule has 0 spiro atoms. The monoisotopic (exact) mass is 315 g/mol. The summed E-state index contributed by atoms with van der Waals surface area (Å²) in [6, 6.07) is 7.01. The molecule has 0 aliphatic heterocycles. The number of hydrogen-bond donors (Lipinski definition) is 4. The van der Waals surface area contributed by atoms with Crippen LogP contribution in [0.1, 0.15) is 17.4 Å². The zero-order chi connectivity index (χ0) is 17.0. The average Bonchev–Trinajstić information content (AvgIpc) is 2.54. The summed E-state index contributed by atoms with van der Waals surface area (Å²) in [5, 5.41) is 14.7. The van der Waals surface area contributed by atoms with Crippen LogP contribution in [0.2, 0.25) is 0 Å². The summed E-state index contributed by atoms with van der Waals surface area (Å²) in [6.07, 6.45) is 0. The van der Waals surface area contributed by atoms with Gasteiger partial charge in [0.1, 0.15) is 23.3 Å². The van der Waals surface area contributed by atoms with E-state index in [-0.39, 0.29) is 23.2 Å². The molecule has 0 unspecified atom stereocenters. The number of nitrogens with zero attached hydrogens (tertiary/aromatic N) is 2. The molecule has 2 amide bonds. The Morgan fingerprint density at radius 1 is 1.22 bits per heavy atom. The normalized spacial score (nSPS) is 11.6. The van der Waals surface area contributed by atoms with Gasteiger partial charge in [-0.1, -0.05) is 0 Å². The van der Waals surface area contributed by atoms with Crippen LogP contribution in [0.4, 0.5) is 5.82 Å². The average molecular weight is 315 g/mol. The first-order valence-electron chi connectivity index (χ1n) is 6.87. The molecule has 0 bridgehead atoms. The lowest BCUT2D eigenvalue weighted by Gasteiger charge is -2.13. The quantitative estimate of drug-likeness (QED) is 0.635. The van der Waals surface area contributed by atoms with Gasteiger partial charge in [-0.3, -0.25) is 9.59 Å². The van der Waals surface area contributed by atoms with Gasteiger partial charge in [0.15, 0.2) is 5.82 Å². The molecule has 2 rings (SSSR count). The van der Waals surface area contributed by atoms with E-state index in [1.807, 2.05) is 0 Å². The second-order valence-corrected chi connectivity index (χ2v) is 4.86. The van der Waals surface area contributed by atoms with Crippen molar-refractivity contribution in [2.75, 3.05) is 12.4 Å². The molecular weight excluding hydrogens is 298 g/mol. The number of phenolic OH excluding ortho intramolecular Hbond substituents is 1. The molecule has 0 aliphatic rings. The lowest BCUT2D eigenvalue weighted by molar-refractivity contribution is -0.118. The second-order valence-electron chi connectivity index (χ2n) is 4.86. The van der Waals surface area contributed by atoms with Crippen molar-refractivity contribution in [3.8, 4) is 17.1 Å². The predicted molar refractivity (Wildman–Crippen MR) is 84.8 cm³/mol. The van der Waals surface area contributed by atoms with Crippen LogP contribution in [0.15, 0.2) is 30.3 Å². The molecule has 0 saturated heterocycles. The summed E-state index contributed by atoms with van der Waals surface area (Å²) < 4.78 is 0. The van der Waals surface area contributed by atoms with Crippen molar-refractivity contribution in [2.45, 2.75) is 13.0 Å². The first kappa shape index (κ1) is 16.2. The number of nitrogens with two attached hydrogens (primary N) is 1. The van der Waals surface area contributed by atoms with Crippen LogP contribution >= 0.6 is 0 Å². The lowest BCUT2D eigenvalue weighted by atomic mass is 10.2. The molecular formula is C15H17N5O3. The van der Waals surface area contributed by atoms with Gasteiger partial charge < -0.3 is 21.5 Å². The van der Waals surface area contributed by atoms with E-state index in [1.165, 1.54) is 25.2 Å². The highest BCUT2D eigenvalue weighted by Gasteiger charge is 2.15. The van der Waals surface area contributed by atoms with Gasteiger partial charge in [-0.15, -0.1) is 0 Å². The Hall–Kier alpha value is -3.16. The van der Waals surface area contributed by atoms with Crippen LogP contribution < -0.4 is 16.4 Å². The molecule has 5 N–H and O–H groups in total. The van der Waals surface area contributed by atoms with E-state index in [0.29, 0.717) is 11.4 Å². The molecule has 1 aromatic carbocycles. The molecule has 23 heavy (non-hydrogen) atoms. The van der Waals surface area contributed by atoms with Crippen molar-refractivity contribution in [1.29, 1.82) is 0 Å². The maximum atomic E-state index is 11.9. The van der Waals surface area contributed by atoms with Crippen LogP contribution in [0.3, 0.4) is 0 Å². The van der Waals surface area contributed by atoms with Crippen LogP contribution in [-0.2, 0) is 4.79 Å². The highest BCUT2D eigenvalue weighted by molar-refractivity contribution is 5.93. The molecule has 120 valence electrons. The number of aromatic nitrogens is 2. The Bertz CT molecular complexity index is 730. The second kappa shape index (κ2) is 6.73. The minimum Gasteiger partial charge on any atom is -0.508 e. The van der Waals surface area contributed by atoms with E-state index >= 15 is 0 Å². The Morgan fingerprint density at radius 3 is 2.43 bits per heavy atom. The highest BCUT2D eigenvalue weighted by atomic mass is 16.3. The Labute approximate surface area is 132 Å². The Morgan fingerprint density at radius 2 is 1.87 bits per heavy atom. The molecule has 1 aromatic heterocycles. The number of nitrogens with one attached hydrogen (secondary N) is 2. The van der Waals surface area contributed by atoms with Gasteiger partial charge in [0.2, 0.25) is 5.91 Å². The number of rotatable bonds is 5. The van der Waals surface area contributed by atoms with Crippen molar-refractivity contribution in [3.05, 3.63) is 36.0 Å². The largest absolute Gasteiger partial charge is 0.508 e. The number of hydrogen-bond acceptors (Lipinski definition) is 6. The molecule has 0 fully saturated rings. The number of phenols is 1. The smallest absolute Gasteiger partial charge is 0.269 e. The maximum absolute atomic E-state index is 11.9. The van der Waals surface area contributed by atoms with Gasteiger partial charge in [0.05, 0.1) is 0 Å². The van der Waals surface area contributed by atoms with E-state index in [1.54, 1.807) is 19.1 Å². The number of anilines is 1. The maximum Gasteiger partial charge on any atom is 0.269 e. The summed E-state index contributed by atoms with van der Waals surface area (Å²) in [4.78, 5) is 31.5. The molecule has 8 heteroatoms. The highest BCUT2D eigenvalue weighted by Crippen LogP contribution is 2.21. The van der Waals surface area contributed by atoms with E-state index in [9.17, 15) is 14.7 Å². The predicted octanol–water partition coefficient (Wildman–Crippen LogP) is 0.494. The number of carbonyl (C=O) groups is 2. The van der Waals surface area contributed by atoms with Crippen molar-refractivity contribution < 1.29 is 14.7 Å². The standard InChI is InChI=1S/C15H17N5O3/c1-8(13(16)22)18-12-7-11(15(23)17-2)19-14(20-12)9-3-5-10(21)6-4-9/h3-8,21H,1-2H3,(H2,16,22)(H,17,23)(H,18,19,20)/t8-/m0/s1. The zero-order valence-electron chi connectivity index (χ0n) is 12.7. The zero-order valence-corrected chi connectivity index (χ0v) is 12.7. The fraction of sp³-hybridized carbons (Fsp3) is 0.200. The van der Waals surface area contributed by atoms with E-state index < -0.39 is 11.9 Å². The van der Waals surface area contributed by atoms with Crippen molar-refractivity contribution in [2.24, 2.45) is 5.73 Å². The van der Waals surface area contributed by atoms with Gasteiger partial charge in [0.25, 0.3) is 5.91 Å². The number of benzene rings is 1. The summed E-state index contributed by atoms with van der Waals surface area (Å²) >= 11 is 0. The lowest BCUT2D eigenvalue weighted by Crippen LogP contribution is -2.33. The van der Waals surface area contributed by atoms with Crippen molar-refractivity contribution in [1.82, 2.24) is 15.3 Å². The summed E-state index contributed by atoms with van der Waals surface area (Å²) in [5.41, 5.74) is 5.98. The van der Waals surface area contributed by atoms with E-state index in [0.717, 1.165) is 0 Å². The molecule has 0 radical (unpaired) electrons. The molecule has 8 nitrogen and oxygen atoms in total. The fourth-order valence-corrected chi connectivity index (χ4v) is 1.80. The molecule has 0 aliphatic carbocycles. The topological polar surface area (TPSA) is 130 Å². The third-order valence-electron chi connectivity index (χ3n) is 3.10. The van der Waals surface area contributed by atoms with Crippen molar-refractivity contribution >= 4 is 17.6 Å². The summed E-state index contributed by atoms with van der Waals surface area (Å²) in [5.74, 6) is -0.242. The van der Waals surface area contributed by atoms with Gasteiger partial charge in [0, 0.05) is 18.7 Å². The summed E-state index contributed by atoms with van der Waals surface area (Å²) in [6.45, 7) is 1.59. The Balaban J connectivity index is 2.46. The molecule has 1 heterocycles. The van der Waals surface area contributed by atoms with E-state index in [2.05, 4.69) is 20.6 Å². The third kappa shape index (κ3) is 3.94. The molecule has 1 atom stereocenters. The minimum atomic E-state index is -0.657. The fourth-order valence-electron chi connectivity index (χ4n) is 1.80. The van der Waals surface area contributed by atoms with Crippen LogP contribution in [0, 0.1) is 0 Å². The SMILES string of the molecule is CNC(=O)c1cc(N[C@@H](C)C(N)=O)nc(-c2ccc(O)cc2)n1. The van der Waals surface area contributed by atoms with Crippen molar-refractivity contribution in [3.63, 3.8) is 0 Å². The summed E-state index contributed by atoms with van der Waals surface area (Å²) in [7, 11) is 1.49. The van der Waals surface area contributed by atoms with Crippen LogP contribution in [0.25, 0.3) is 11.4 Å². The number of amides is 2. The van der Waals surface area contributed by atoms with Gasteiger partial charge in [-0.25, -0.2) is 9.97 Å². The number of aromatic hydroxyl groups is 1. The van der Waals surface area contributed by atoms with Gasteiger partial charge >= 0.3 is 0 Å². The van der Waals surface area contributed by atoms with Crippen LogP contribution in [0.5, 0.6) is 5.75 Å². The van der Waals surface area contributed by atoms with Gasteiger partial charge in [-0.05, 0) is 31.2 Å². The number of primary amides is 1. The first-order chi connectivity index (χ1) is 10.9. The number of carbonyl (C=O) groups excluding carboxylic acids is 2. The minimum absolute atomic E-state index is 0.108.